The highest BCUT2D eigenvalue weighted by molar-refractivity contribution is 7.10. The number of thiophene rings is 1. The van der Waals surface area contributed by atoms with E-state index in [2.05, 4.69) is 0 Å². The molecule has 1 fully saturated rings. The highest BCUT2D eigenvalue weighted by Crippen LogP contribution is 2.37. The van der Waals surface area contributed by atoms with Gasteiger partial charge < -0.3 is 10.6 Å². The molecule has 1 saturated heterocycles. The van der Waals surface area contributed by atoms with E-state index in [-0.39, 0.29) is 17.8 Å². The average Bonchev–Trinajstić information content (AvgIpc) is 2.93. The standard InChI is InChI=1S/C14H13FN2OS/c15-10-5-3-9(4-6-10)8-17-13(12(16)14(17)18)11-2-1-7-19-11/h1-7,12-13H,8,16H2/t12-,13+/m0/s1. The normalized spacial score (nSPS) is 22.4. The van der Waals surface area contributed by atoms with E-state index in [1.165, 1.54) is 12.1 Å². The number of carbonyl (C=O) groups excluding carboxylic acids is 1. The number of likely N-dealkylation sites (tertiary alicyclic amines) is 1. The van der Waals surface area contributed by atoms with Gasteiger partial charge in [0.2, 0.25) is 5.91 Å². The molecule has 2 N–H and O–H groups in total. The van der Waals surface area contributed by atoms with Crippen molar-refractivity contribution in [2.75, 3.05) is 0 Å². The van der Waals surface area contributed by atoms with Crippen LogP contribution < -0.4 is 5.73 Å². The number of amides is 1. The van der Waals surface area contributed by atoms with Gasteiger partial charge in [-0.3, -0.25) is 4.79 Å². The second kappa shape index (κ2) is 4.75. The summed E-state index contributed by atoms with van der Waals surface area (Å²) in [7, 11) is 0. The molecule has 0 bridgehead atoms. The Balaban J connectivity index is 1.79. The number of hydrogen-bond acceptors (Lipinski definition) is 3. The van der Waals surface area contributed by atoms with E-state index < -0.39 is 6.04 Å². The van der Waals surface area contributed by atoms with Crippen LogP contribution in [0, 0.1) is 5.82 Å². The zero-order valence-corrected chi connectivity index (χ0v) is 10.9. The van der Waals surface area contributed by atoms with Gasteiger partial charge in [0.25, 0.3) is 0 Å². The highest BCUT2D eigenvalue weighted by Gasteiger charge is 2.45. The lowest BCUT2D eigenvalue weighted by molar-refractivity contribution is -0.150. The third kappa shape index (κ3) is 2.15. The maximum atomic E-state index is 12.9. The fraction of sp³-hybridized carbons (Fsp3) is 0.214. The summed E-state index contributed by atoms with van der Waals surface area (Å²) in [5.41, 5.74) is 6.79. The number of nitrogens with two attached hydrogens (primary N) is 1. The fourth-order valence-corrected chi connectivity index (χ4v) is 3.21. The molecule has 19 heavy (non-hydrogen) atoms. The van der Waals surface area contributed by atoms with E-state index in [4.69, 9.17) is 5.73 Å². The quantitative estimate of drug-likeness (QED) is 0.874. The van der Waals surface area contributed by atoms with E-state index in [1.54, 1.807) is 28.4 Å². The number of carbonyl (C=O) groups is 1. The lowest BCUT2D eigenvalue weighted by atomic mass is 9.93. The number of halogens is 1. The van der Waals surface area contributed by atoms with Gasteiger partial charge in [-0.25, -0.2) is 4.39 Å². The maximum absolute atomic E-state index is 12.9. The first-order valence-electron chi connectivity index (χ1n) is 6.01. The van der Waals surface area contributed by atoms with Gasteiger partial charge in [-0.15, -0.1) is 11.3 Å². The topological polar surface area (TPSA) is 46.3 Å². The molecule has 98 valence electrons. The molecule has 0 spiro atoms. The van der Waals surface area contributed by atoms with Crippen LogP contribution in [0.2, 0.25) is 0 Å². The third-order valence-electron chi connectivity index (χ3n) is 3.35. The SMILES string of the molecule is N[C@@H]1C(=O)N(Cc2ccc(F)cc2)[C@@H]1c1cccs1. The minimum absolute atomic E-state index is 0.0530. The Bertz CT molecular complexity index is 582. The van der Waals surface area contributed by atoms with Gasteiger partial charge in [0, 0.05) is 11.4 Å². The smallest absolute Gasteiger partial charge is 0.242 e. The van der Waals surface area contributed by atoms with Gasteiger partial charge in [0.1, 0.15) is 11.9 Å². The van der Waals surface area contributed by atoms with Crippen molar-refractivity contribution in [2.45, 2.75) is 18.6 Å². The summed E-state index contributed by atoms with van der Waals surface area (Å²) in [6, 6.07) is 9.61. The van der Waals surface area contributed by atoms with E-state index >= 15 is 0 Å². The lowest BCUT2D eigenvalue weighted by Crippen LogP contribution is -2.62. The van der Waals surface area contributed by atoms with Crippen molar-refractivity contribution in [3.8, 4) is 0 Å². The summed E-state index contributed by atoms with van der Waals surface area (Å²) >= 11 is 1.60. The number of nitrogens with zero attached hydrogens (tertiary/aromatic N) is 1. The van der Waals surface area contributed by atoms with Crippen molar-refractivity contribution < 1.29 is 9.18 Å². The molecule has 1 aliphatic heterocycles. The zero-order valence-electron chi connectivity index (χ0n) is 10.1. The predicted molar refractivity (Wildman–Crippen MR) is 72.0 cm³/mol. The number of hydrogen-bond donors (Lipinski definition) is 1. The predicted octanol–water partition coefficient (Wildman–Crippen LogP) is 2.30. The Morgan fingerprint density at radius 3 is 2.63 bits per heavy atom. The van der Waals surface area contributed by atoms with Gasteiger partial charge in [0.05, 0.1) is 6.04 Å². The van der Waals surface area contributed by atoms with Crippen molar-refractivity contribution in [3.63, 3.8) is 0 Å². The Labute approximate surface area is 114 Å². The van der Waals surface area contributed by atoms with Crippen molar-refractivity contribution in [3.05, 3.63) is 58.0 Å². The first-order valence-corrected chi connectivity index (χ1v) is 6.88. The van der Waals surface area contributed by atoms with Crippen LogP contribution in [0.25, 0.3) is 0 Å². The molecule has 3 rings (SSSR count). The maximum Gasteiger partial charge on any atom is 0.242 e. The molecule has 2 atom stereocenters. The summed E-state index contributed by atoms with van der Waals surface area (Å²) in [6.07, 6.45) is 0. The highest BCUT2D eigenvalue weighted by atomic mass is 32.1. The molecule has 0 radical (unpaired) electrons. The van der Waals surface area contributed by atoms with E-state index in [0.717, 1.165) is 10.4 Å². The first-order chi connectivity index (χ1) is 9.16. The molecular weight excluding hydrogens is 263 g/mol. The van der Waals surface area contributed by atoms with Gasteiger partial charge in [-0.1, -0.05) is 18.2 Å². The summed E-state index contributed by atoms with van der Waals surface area (Å²) in [6.45, 7) is 0.468. The van der Waals surface area contributed by atoms with Crippen LogP contribution in [0.5, 0.6) is 0 Å². The molecule has 2 aromatic rings. The fourth-order valence-electron chi connectivity index (χ4n) is 2.33. The van der Waals surface area contributed by atoms with E-state index in [0.29, 0.717) is 6.54 Å². The third-order valence-corrected chi connectivity index (χ3v) is 4.29. The molecule has 0 saturated carbocycles. The molecule has 2 heterocycles. The van der Waals surface area contributed by atoms with Crippen LogP contribution >= 0.6 is 11.3 Å². The van der Waals surface area contributed by atoms with Crippen LogP contribution in [0.3, 0.4) is 0 Å². The van der Waals surface area contributed by atoms with Crippen LogP contribution in [0.4, 0.5) is 4.39 Å². The van der Waals surface area contributed by atoms with Crippen molar-refractivity contribution in [2.24, 2.45) is 5.73 Å². The van der Waals surface area contributed by atoms with Crippen LogP contribution in [-0.4, -0.2) is 16.8 Å². The van der Waals surface area contributed by atoms with E-state index in [9.17, 15) is 9.18 Å². The molecule has 1 aliphatic rings. The molecule has 0 unspecified atom stereocenters. The molecular formula is C14H13FN2OS. The Hall–Kier alpha value is -1.72. The van der Waals surface area contributed by atoms with Crippen LogP contribution in [-0.2, 0) is 11.3 Å². The van der Waals surface area contributed by atoms with Gasteiger partial charge in [0.15, 0.2) is 0 Å². The second-order valence-electron chi connectivity index (χ2n) is 4.58. The van der Waals surface area contributed by atoms with Gasteiger partial charge in [-0.2, -0.15) is 0 Å². The molecule has 1 amide bonds. The largest absolute Gasteiger partial charge is 0.327 e. The summed E-state index contributed by atoms with van der Waals surface area (Å²) in [4.78, 5) is 14.7. The number of β-lactam (4-membered cyclic amide) rings is 1. The minimum atomic E-state index is -0.459. The minimum Gasteiger partial charge on any atom is -0.327 e. The Kier molecular flexibility index (Phi) is 3.08. The van der Waals surface area contributed by atoms with Crippen molar-refractivity contribution in [1.82, 2.24) is 4.90 Å². The monoisotopic (exact) mass is 276 g/mol. The molecule has 3 nitrogen and oxygen atoms in total. The summed E-state index contributed by atoms with van der Waals surface area (Å²) in [5, 5.41) is 1.97. The summed E-state index contributed by atoms with van der Waals surface area (Å²) in [5.74, 6) is -0.326. The van der Waals surface area contributed by atoms with Gasteiger partial charge in [-0.05, 0) is 29.1 Å². The van der Waals surface area contributed by atoms with Crippen molar-refractivity contribution >= 4 is 17.2 Å². The summed E-state index contributed by atoms with van der Waals surface area (Å²) < 4.78 is 12.9. The lowest BCUT2D eigenvalue weighted by Gasteiger charge is -2.45. The average molecular weight is 276 g/mol. The Morgan fingerprint density at radius 1 is 1.26 bits per heavy atom. The molecule has 1 aromatic carbocycles. The number of rotatable bonds is 3. The van der Waals surface area contributed by atoms with Crippen LogP contribution in [0.15, 0.2) is 41.8 Å². The second-order valence-corrected chi connectivity index (χ2v) is 5.56. The van der Waals surface area contributed by atoms with Gasteiger partial charge >= 0.3 is 0 Å². The molecule has 0 aliphatic carbocycles. The Morgan fingerprint density at radius 2 is 2.00 bits per heavy atom. The van der Waals surface area contributed by atoms with Crippen LogP contribution in [0.1, 0.15) is 16.5 Å². The molecule has 5 heteroatoms. The van der Waals surface area contributed by atoms with Crippen molar-refractivity contribution in [1.29, 1.82) is 0 Å². The molecule has 1 aromatic heterocycles. The van der Waals surface area contributed by atoms with E-state index in [1.807, 2.05) is 17.5 Å². The zero-order chi connectivity index (χ0) is 13.4. The first kappa shape index (κ1) is 12.3. The number of benzene rings is 1.